The smallest absolute Gasteiger partial charge is 0.258 e. The number of morpholine rings is 1. The molecule has 3 aromatic rings. The van der Waals surface area contributed by atoms with Crippen molar-refractivity contribution >= 4 is 34.5 Å². The summed E-state index contributed by atoms with van der Waals surface area (Å²) >= 11 is 1.62. The highest BCUT2D eigenvalue weighted by Gasteiger charge is 2.20. The number of aromatic nitrogens is 4. The molecule has 4 rings (SSSR count). The molecule has 182 valence electrons. The van der Waals surface area contributed by atoms with Gasteiger partial charge in [0, 0.05) is 31.0 Å². The zero-order valence-electron chi connectivity index (χ0n) is 19.7. The van der Waals surface area contributed by atoms with Crippen LogP contribution in [0.3, 0.4) is 0 Å². The Morgan fingerprint density at radius 3 is 2.79 bits per heavy atom. The van der Waals surface area contributed by atoms with Crippen molar-refractivity contribution in [1.29, 1.82) is 0 Å². The molecule has 1 saturated heterocycles. The topological polar surface area (TPSA) is 104 Å². The predicted molar refractivity (Wildman–Crippen MR) is 131 cm³/mol. The van der Waals surface area contributed by atoms with Crippen LogP contribution in [0.2, 0.25) is 0 Å². The number of benzene rings is 1. The van der Waals surface area contributed by atoms with E-state index in [2.05, 4.69) is 29.2 Å². The van der Waals surface area contributed by atoms with Gasteiger partial charge in [-0.3, -0.25) is 4.79 Å². The Bertz CT molecular complexity index is 1120. The lowest BCUT2D eigenvalue weighted by Crippen LogP contribution is -2.37. The fourth-order valence-electron chi connectivity index (χ4n) is 3.56. The van der Waals surface area contributed by atoms with Crippen molar-refractivity contribution in [2.75, 3.05) is 51.5 Å². The van der Waals surface area contributed by atoms with Crippen LogP contribution in [0, 0.1) is 0 Å². The minimum Gasteiger partial charge on any atom is -0.497 e. The molecule has 0 bridgehead atoms. The van der Waals surface area contributed by atoms with Crippen molar-refractivity contribution in [2.24, 2.45) is 0 Å². The monoisotopic (exact) mass is 486 g/mol. The maximum Gasteiger partial charge on any atom is 0.258 e. The van der Waals surface area contributed by atoms with Crippen LogP contribution in [0.25, 0.3) is 11.0 Å². The molecule has 34 heavy (non-hydrogen) atoms. The van der Waals surface area contributed by atoms with Gasteiger partial charge >= 0.3 is 0 Å². The number of hydrogen-bond acceptors (Lipinski definition) is 9. The highest BCUT2D eigenvalue weighted by molar-refractivity contribution is 7.99. The molecule has 0 aliphatic carbocycles. The van der Waals surface area contributed by atoms with Gasteiger partial charge in [-0.1, -0.05) is 31.7 Å². The van der Waals surface area contributed by atoms with Gasteiger partial charge in [0.15, 0.2) is 17.4 Å². The number of carbonyl (C=O) groups is 1. The number of anilines is 1. The minimum absolute atomic E-state index is 0.0778. The van der Waals surface area contributed by atoms with Crippen LogP contribution < -0.4 is 19.7 Å². The van der Waals surface area contributed by atoms with Gasteiger partial charge < -0.3 is 24.4 Å². The summed E-state index contributed by atoms with van der Waals surface area (Å²) in [6, 6.07) is 7.15. The number of fused-ring (bicyclic) bond motifs is 1. The summed E-state index contributed by atoms with van der Waals surface area (Å²) in [5, 5.41) is 9.39. The van der Waals surface area contributed by atoms with Crippen molar-refractivity contribution in [1.82, 2.24) is 25.1 Å². The summed E-state index contributed by atoms with van der Waals surface area (Å²) in [7, 11) is 1.59. The quantitative estimate of drug-likeness (QED) is 0.342. The molecule has 1 aliphatic heterocycles. The second-order valence-corrected chi connectivity index (χ2v) is 9.56. The SMILES string of the molecule is COc1cccc(OCC(=O)NCCn2ncc3c(N4CCOCC4)nc(SC(C)C)nc32)c1. The summed E-state index contributed by atoms with van der Waals surface area (Å²) in [6.07, 6.45) is 1.80. The number of methoxy groups -OCH3 is 1. The molecule has 10 nitrogen and oxygen atoms in total. The van der Waals surface area contributed by atoms with Crippen LogP contribution in [0.4, 0.5) is 5.82 Å². The number of amides is 1. The number of carbonyl (C=O) groups excluding carboxylic acids is 1. The molecule has 0 spiro atoms. The first kappa shape index (κ1) is 24.1. The molecule has 0 unspecified atom stereocenters. The fraction of sp³-hybridized carbons (Fsp3) is 0.478. The molecule has 1 fully saturated rings. The lowest BCUT2D eigenvalue weighted by Gasteiger charge is -2.28. The van der Waals surface area contributed by atoms with E-state index in [4.69, 9.17) is 24.2 Å². The number of thioether (sulfide) groups is 1. The molecule has 3 heterocycles. The van der Waals surface area contributed by atoms with E-state index in [-0.39, 0.29) is 12.5 Å². The molecule has 0 radical (unpaired) electrons. The van der Waals surface area contributed by atoms with E-state index >= 15 is 0 Å². The van der Waals surface area contributed by atoms with Crippen LogP contribution in [0.1, 0.15) is 13.8 Å². The van der Waals surface area contributed by atoms with Gasteiger partial charge in [-0.2, -0.15) is 5.10 Å². The van der Waals surface area contributed by atoms with E-state index in [1.165, 1.54) is 0 Å². The lowest BCUT2D eigenvalue weighted by atomic mass is 10.3. The standard InChI is InChI=1S/C23H30N6O4S/c1-16(2)34-23-26-21(28-9-11-32-12-10-28)19-14-25-29(22(19)27-23)8-7-24-20(30)15-33-18-6-4-5-17(13-18)31-3/h4-6,13-14,16H,7-12,15H2,1-3H3,(H,24,30). The van der Waals surface area contributed by atoms with Gasteiger partial charge in [-0.15, -0.1) is 0 Å². The van der Waals surface area contributed by atoms with E-state index in [9.17, 15) is 4.79 Å². The Morgan fingerprint density at radius 2 is 2.03 bits per heavy atom. The summed E-state index contributed by atoms with van der Waals surface area (Å²) in [5.74, 6) is 1.93. The average molecular weight is 487 g/mol. The summed E-state index contributed by atoms with van der Waals surface area (Å²) < 4.78 is 18.0. The summed E-state index contributed by atoms with van der Waals surface area (Å²) in [5.41, 5.74) is 0.765. The Kier molecular flexibility index (Phi) is 8.07. The van der Waals surface area contributed by atoms with Crippen molar-refractivity contribution in [3.05, 3.63) is 30.5 Å². The van der Waals surface area contributed by atoms with Crippen molar-refractivity contribution < 1.29 is 19.0 Å². The Balaban J connectivity index is 1.40. The Labute approximate surface area is 203 Å². The summed E-state index contributed by atoms with van der Waals surface area (Å²) in [4.78, 5) is 24.1. The first-order valence-corrected chi connectivity index (χ1v) is 12.2. The third kappa shape index (κ3) is 6.09. The van der Waals surface area contributed by atoms with E-state index in [1.54, 1.807) is 37.2 Å². The number of ether oxygens (including phenoxy) is 3. The molecule has 1 aliphatic rings. The first-order valence-electron chi connectivity index (χ1n) is 11.3. The highest BCUT2D eigenvalue weighted by atomic mass is 32.2. The minimum atomic E-state index is -0.209. The third-order valence-corrected chi connectivity index (χ3v) is 6.03. The maximum atomic E-state index is 12.3. The van der Waals surface area contributed by atoms with Gasteiger partial charge in [0.05, 0.1) is 38.5 Å². The van der Waals surface area contributed by atoms with Gasteiger partial charge in [0.25, 0.3) is 5.91 Å². The Hall–Kier alpha value is -3.05. The average Bonchev–Trinajstić information content (AvgIpc) is 3.25. The largest absolute Gasteiger partial charge is 0.497 e. The van der Waals surface area contributed by atoms with E-state index in [1.807, 2.05) is 16.8 Å². The van der Waals surface area contributed by atoms with Crippen LogP contribution in [-0.4, -0.2) is 77.5 Å². The van der Waals surface area contributed by atoms with Crippen LogP contribution >= 0.6 is 11.8 Å². The maximum absolute atomic E-state index is 12.3. The number of rotatable bonds is 10. The van der Waals surface area contributed by atoms with Crippen molar-refractivity contribution in [2.45, 2.75) is 30.8 Å². The fourth-order valence-corrected chi connectivity index (χ4v) is 4.26. The molecule has 0 saturated carbocycles. The van der Waals surface area contributed by atoms with Crippen LogP contribution in [0.5, 0.6) is 11.5 Å². The molecule has 11 heteroatoms. The molecule has 1 N–H and O–H groups in total. The van der Waals surface area contributed by atoms with Gasteiger partial charge in [-0.25, -0.2) is 14.6 Å². The second-order valence-electron chi connectivity index (χ2n) is 8.02. The normalized spacial score (nSPS) is 13.9. The first-order chi connectivity index (χ1) is 16.5. The summed E-state index contributed by atoms with van der Waals surface area (Å²) in [6.45, 7) is 7.97. The zero-order valence-corrected chi connectivity index (χ0v) is 20.5. The van der Waals surface area contributed by atoms with Crippen molar-refractivity contribution in [3.8, 4) is 11.5 Å². The highest BCUT2D eigenvalue weighted by Crippen LogP contribution is 2.29. The number of nitrogens with one attached hydrogen (secondary N) is 1. The molecule has 2 aromatic heterocycles. The van der Waals surface area contributed by atoms with Crippen LogP contribution in [-0.2, 0) is 16.1 Å². The number of nitrogens with zero attached hydrogens (tertiary/aromatic N) is 5. The van der Waals surface area contributed by atoms with Crippen molar-refractivity contribution in [3.63, 3.8) is 0 Å². The van der Waals surface area contributed by atoms with E-state index in [0.717, 1.165) is 35.1 Å². The molecule has 0 atom stereocenters. The van der Waals surface area contributed by atoms with Crippen LogP contribution in [0.15, 0.2) is 35.6 Å². The molecule has 1 amide bonds. The van der Waals surface area contributed by atoms with Gasteiger partial charge in [0.1, 0.15) is 17.3 Å². The second kappa shape index (κ2) is 11.4. The van der Waals surface area contributed by atoms with E-state index in [0.29, 0.717) is 43.1 Å². The third-order valence-electron chi connectivity index (χ3n) is 5.16. The lowest BCUT2D eigenvalue weighted by molar-refractivity contribution is -0.123. The predicted octanol–water partition coefficient (Wildman–Crippen LogP) is 2.37. The van der Waals surface area contributed by atoms with Gasteiger partial charge in [0.2, 0.25) is 0 Å². The Morgan fingerprint density at radius 1 is 1.24 bits per heavy atom. The van der Waals surface area contributed by atoms with E-state index < -0.39 is 0 Å². The number of hydrogen-bond donors (Lipinski definition) is 1. The molecule has 1 aromatic carbocycles. The zero-order chi connectivity index (χ0) is 23.9. The molecular weight excluding hydrogens is 456 g/mol. The van der Waals surface area contributed by atoms with Gasteiger partial charge in [-0.05, 0) is 12.1 Å². The molecular formula is C23H30N6O4S.